The minimum Gasteiger partial charge on any atom is -0.467 e. The monoisotopic (exact) mass is 409 g/mol. The van der Waals surface area contributed by atoms with E-state index in [1.165, 1.54) is 77.7 Å². The predicted molar refractivity (Wildman–Crippen MR) is 123 cm³/mol. The van der Waals surface area contributed by atoms with E-state index < -0.39 is 6.04 Å². The number of amides is 1. The van der Waals surface area contributed by atoms with Crippen LogP contribution in [0.2, 0.25) is 0 Å². The van der Waals surface area contributed by atoms with Gasteiger partial charge in [-0.2, -0.15) is 0 Å². The molecule has 0 aromatic rings. The van der Waals surface area contributed by atoms with Gasteiger partial charge < -0.3 is 10.1 Å². The fourth-order valence-corrected chi connectivity index (χ4v) is 3.45. The third-order valence-corrected chi connectivity index (χ3v) is 5.19. The number of hydrogen-bond donors (Lipinski definition) is 1. The standard InChI is InChI=1S/C25H47NO3/c1-5-6-7-8-9-10-11-12-13-14-15-16-17-18-19-20-24(27)26-23(21-22(2)3)25(28)29-4/h12-13,22-23H,5-11,14-21H2,1-4H3,(H,26,27)/b13-12-/t23-/m1/s1. The van der Waals surface area contributed by atoms with E-state index in [0.29, 0.717) is 18.8 Å². The number of carbonyl (C=O) groups is 2. The minimum absolute atomic E-state index is 0.0429. The van der Waals surface area contributed by atoms with Gasteiger partial charge in [-0.05, 0) is 44.4 Å². The van der Waals surface area contributed by atoms with Crippen LogP contribution in [-0.4, -0.2) is 25.0 Å². The van der Waals surface area contributed by atoms with Gasteiger partial charge in [0.25, 0.3) is 0 Å². The van der Waals surface area contributed by atoms with Gasteiger partial charge in [0.1, 0.15) is 6.04 Å². The van der Waals surface area contributed by atoms with Crippen molar-refractivity contribution in [3.63, 3.8) is 0 Å². The third kappa shape index (κ3) is 18.4. The Morgan fingerprint density at radius 2 is 1.34 bits per heavy atom. The van der Waals surface area contributed by atoms with Crippen LogP contribution in [-0.2, 0) is 14.3 Å². The molecule has 1 atom stereocenters. The van der Waals surface area contributed by atoms with Crippen LogP contribution in [0.4, 0.5) is 0 Å². The second kappa shape index (κ2) is 20.0. The lowest BCUT2D eigenvalue weighted by atomic mass is 10.0. The van der Waals surface area contributed by atoms with Crippen LogP contribution >= 0.6 is 0 Å². The summed E-state index contributed by atoms with van der Waals surface area (Å²) in [5.41, 5.74) is 0. The van der Waals surface area contributed by atoms with E-state index >= 15 is 0 Å². The number of hydrogen-bond acceptors (Lipinski definition) is 3. The lowest BCUT2D eigenvalue weighted by Gasteiger charge is -2.18. The zero-order chi connectivity index (χ0) is 21.7. The first kappa shape index (κ1) is 27.7. The topological polar surface area (TPSA) is 55.4 Å². The van der Waals surface area contributed by atoms with Crippen molar-refractivity contribution in [2.45, 2.75) is 123 Å². The number of unbranched alkanes of at least 4 members (excludes halogenated alkanes) is 11. The summed E-state index contributed by atoms with van der Waals surface area (Å²) < 4.78 is 4.79. The van der Waals surface area contributed by atoms with Crippen LogP contribution < -0.4 is 5.32 Å². The molecule has 0 aromatic heterocycles. The summed E-state index contributed by atoms with van der Waals surface area (Å²) in [6.45, 7) is 6.33. The van der Waals surface area contributed by atoms with Crippen molar-refractivity contribution in [2.75, 3.05) is 7.11 Å². The lowest BCUT2D eigenvalue weighted by molar-refractivity contribution is -0.145. The molecule has 170 valence electrons. The maximum absolute atomic E-state index is 12.1. The molecule has 0 aromatic carbocycles. The molecule has 0 aliphatic heterocycles. The molecule has 0 radical (unpaired) electrons. The van der Waals surface area contributed by atoms with Crippen molar-refractivity contribution in [2.24, 2.45) is 5.92 Å². The van der Waals surface area contributed by atoms with Crippen molar-refractivity contribution in [1.29, 1.82) is 0 Å². The van der Waals surface area contributed by atoms with Crippen molar-refractivity contribution < 1.29 is 14.3 Å². The fraction of sp³-hybridized carbons (Fsp3) is 0.840. The largest absolute Gasteiger partial charge is 0.467 e. The molecule has 1 N–H and O–H groups in total. The fourth-order valence-electron chi connectivity index (χ4n) is 3.45. The summed E-state index contributed by atoms with van der Waals surface area (Å²) in [4.78, 5) is 23.8. The Morgan fingerprint density at radius 3 is 1.86 bits per heavy atom. The first-order valence-electron chi connectivity index (χ1n) is 12.0. The first-order valence-corrected chi connectivity index (χ1v) is 12.0. The van der Waals surface area contributed by atoms with E-state index in [-0.39, 0.29) is 11.9 Å². The Balaban J connectivity index is 3.58. The van der Waals surface area contributed by atoms with Crippen molar-refractivity contribution in [3.05, 3.63) is 12.2 Å². The Hall–Kier alpha value is -1.32. The summed E-state index contributed by atoms with van der Waals surface area (Å²) in [7, 11) is 1.37. The smallest absolute Gasteiger partial charge is 0.328 e. The Bertz CT molecular complexity index is 432. The molecule has 0 saturated carbocycles. The van der Waals surface area contributed by atoms with Gasteiger partial charge in [-0.15, -0.1) is 0 Å². The number of methoxy groups -OCH3 is 1. The molecule has 0 bridgehead atoms. The Kier molecular flexibility index (Phi) is 19.1. The highest BCUT2D eigenvalue weighted by Gasteiger charge is 2.22. The van der Waals surface area contributed by atoms with E-state index in [2.05, 4.69) is 24.4 Å². The minimum atomic E-state index is -0.518. The first-order chi connectivity index (χ1) is 14.0. The van der Waals surface area contributed by atoms with Crippen LogP contribution in [0.15, 0.2) is 12.2 Å². The van der Waals surface area contributed by atoms with Crippen LogP contribution in [0.25, 0.3) is 0 Å². The number of rotatable bonds is 19. The quantitative estimate of drug-likeness (QED) is 0.146. The molecule has 0 rings (SSSR count). The maximum atomic E-state index is 12.1. The van der Waals surface area contributed by atoms with Gasteiger partial charge >= 0.3 is 5.97 Å². The highest BCUT2D eigenvalue weighted by atomic mass is 16.5. The van der Waals surface area contributed by atoms with Crippen LogP contribution in [0, 0.1) is 5.92 Å². The van der Waals surface area contributed by atoms with E-state index in [1.54, 1.807) is 0 Å². The Labute approximate surface area is 180 Å². The molecular formula is C25H47NO3. The van der Waals surface area contributed by atoms with Crippen LogP contribution in [0.3, 0.4) is 0 Å². The average molecular weight is 410 g/mol. The highest BCUT2D eigenvalue weighted by molar-refractivity contribution is 5.84. The summed E-state index contributed by atoms with van der Waals surface area (Å²) >= 11 is 0. The normalized spacial score (nSPS) is 12.4. The summed E-state index contributed by atoms with van der Waals surface area (Å²) in [5, 5.41) is 2.83. The van der Waals surface area contributed by atoms with Crippen LogP contribution in [0.5, 0.6) is 0 Å². The molecule has 4 heteroatoms. The molecule has 1 amide bonds. The molecule has 0 aliphatic rings. The van der Waals surface area contributed by atoms with Gasteiger partial charge in [0.2, 0.25) is 5.91 Å². The summed E-state index contributed by atoms with van der Waals surface area (Å²) in [5.74, 6) is -0.0606. The summed E-state index contributed by atoms with van der Waals surface area (Å²) in [6.07, 6.45) is 22.0. The SMILES string of the molecule is CCCCCCCC/C=C\CCCCCCCC(=O)N[C@H](CC(C)C)C(=O)OC. The second-order valence-corrected chi connectivity index (χ2v) is 8.61. The van der Waals surface area contributed by atoms with Crippen LogP contribution in [0.1, 0.15) is 117 Å². The van der Waals surface area contributed by atoms with E-state index in [0.717, 1.165) is 12.8 Å². The van der Waals surface area contributed by atoms with E-state index in [9.17, 15) is 9.59 Å². The zero-order valence-electron chi connectivity index (χ0n) is 19.6. The number of esters is 1. The molecule has 0 aliphatic carbocycles. The molecule has 0 heterocycles. The van der Waals surface area contributed by atoms with E-state index in [1.807, 2.05) is 13.8 Å². The van der Waals surface area contributed by atoms with Crippen molar-refractivity contribution in [1.82, 2.24) is 5.32 Å². The molecule has 4 nitrogen and oxygen atoms in total. The molecule has 0 unspecified atom stereocenters. The third-order valence-electron chi connectivity index (χ3n) is 5.19. The number of nitrogens with one attached hydrogen (secondary N) is 1. The summed E-state index contributed by atoms with van der Waals surface area (Å²) in [6, 6.07) is -0.518. The highest BCUT2D eigenvalue weighted by Crippen LogP contribution is 2.11. The second-order valence-electron chi connectivity index (χ2n) is 8.61. The predicted octanol–water partition coefficient (Wildman–Crippen LogP) is 6.73. The average Bonchev–Trinajstić information content (AvgIpc) is 2.69. The van der Waals surface area contributed by atoms with Gasteiger partial charge in [0.05, 0.1) is 7.11 Å². The molecule has 0 fully saturated rings. The van der Waals surface area contributed by atoms with Gasteiger partial charge in [0, 0.05) is 6.42 Å². The van der Waals surface area contributed by atoms with Gasteiger partial charge in [-0.1, -0.05) is 84.3 Å². The van der Waals surface area contributed by atoms with Gasteiger partial charge in [-0.25, -0.2) is 4.79 Å². The molecule has 0 spiro atoms. The number of carbonyl (C=O) groups excluding carboxylic acids is 2. The van der Waals surface area contributed by atoms with Gasteiger partial charge in [0.15, 0.2) is 0 Å². The maximum Gasteiger partial charge on any atom is 0.328 e. The lowest BCUT2D eigenvalue weighted by Crippen LogP contribution is -2.42. The van der Waals surface area contributed by atoms with Crippen molar-refractivity contribution in [3.8, 4) is 0 Å². The Morgan fingerprint density at radius 1 is 0.828 bits per heavy atom. The van der Waals surface area contributed by atoms with Crippen molar-refractivity contribution >= 4 is 11.9 Å². The molecule has 29 heavy (non-hydrogen) atoms. The number of ether oxygens (including phenoxy) is 1. The van der Waals surface area contributed by atoms with Gasteiger partial charge in [-0.3, -0.25) is 4.79 Å². The molecule has 0 saturated heterocycles. The zero-order valence-corrected chi connectivity index (χ0v) is 19.6. The number of allylic oxidation sites excluding steroid dienone is 2. The van der Waals surface area contributed by atoms with E-state index in [4.69, 9.17) is 4.74 Å². The molecular weight excluding hydrogens is 362 g/mol.